The third-order valence-corrected chi connectivity index (χ3v) is 8.38. The molecule has 0 unspecified atom stereocenters. The Kier molecular flexibility index (Phi) is 10.2. The normalized spacial score (nSPS) is 13.7. The van der Waals surface area contributed by atoms with E-state index in [0.717, 1.165) is 0 Å². The van der Waals surface area contributed by atoms with Crippen molar-refractivity contribution in [3.63, 3.8) is 0 Å². The molecule has 3 aromatic carbocycles. The molecule has 6 rings (SSSR count). The smallest absolute Gasteiger partial charge is 0.352 e. The SMILES string of the molecule is O=C(Nc1cc(Cl)ccc1-n1cnnn1)C(=O)N[C@@H](Cc1ccc(NC(=O)N2CCC(O)CC2)cc1)C(=O)Nc1ccc2[nH]c(C(=O)O)cc2c1. The zero-order chi connectivity index (χ0) is 36.1. The number of aromatic amines is 1. The molecular formula is C33H31ClN10O7. The zero-order valence-electron chi connectivity index (χ0n) is 26.7. The summed E-state index contributed by atoms with van der Waals surface area (Å²) in [5.74, 6) is -4.02. The number of benzene rings is 3. The fourth-order valence-corrected chi connectivity index (χ4v) is 5.65. The minimum Gasteiger partial charge on any atom is -0.477 e. The first-order valence-electron chi connectivity index (χ1n) is 15.7. The molecule has 1 aliphatic rings. The number of nitrogens with zero attached hydrogens (tertiary/aromatic N) is 5. The summed E-state index contributed by atoms with van der Waals surface area (Å²) in [5, 5.41) is 41.3. The lowest BCUT2D eigenvalue weighted by molar-refractivity contribution is -0.137. The van der Waals surface area contributed by atoms with E-state index in [1.807, 2.05) is 0 Å². The maximum absolute atomic E-state index is 13.7. The zero-order valence-corrected chi connectivity index (χ0v) is 27.4. The molecule has 262 valence electrons. The number of anilines is 3. The fraction of sp³-hybridized carbons (Fsp3) is 0.212. The van der Waals surface area contributed by atoms with Crippen LogP contribution in [0.1, 0.15) is 28.9 Å². The van der Waals surface area contributed by atoms with Crippen LogP contribution in [0.3, 0.4) is 0 Å². The van der Waals surface area contributed by atoms with Crippen LogP contribution in [-0.4, -0.2) is 95.3 Å². The molecule has 1 aliphatic heterocycles. The number of hydrogen-bond donors (Lipinski definition) is 7. The molecule has 0 saturated carbocycles. The van der Waals surface area contributed by atoms with E-state index in [2.05, 4.69) is 41.8 Å². The number of carboxylic acid groups (broad SMARTS) is 1. The number of tetrazole rings is 1. The second-order valence-electron chi connectivity index (χ2n) is 11.7. The van der Waals surface area contributed by atoms with E-state index in [4.69, 9.17) is 11.6 Å². The third kappa shape index (κ3) is 8.46. The van der Waals surface area contributed by atoms with Gasteiger partial charge in [0.25, 0.3) is 0 Å². The molecule has 1 atom stereocenters. The summed E-state index contributed by atoms with van der Waals surface area (Å²) in [6.45, 7) is 0.867. The number of aromatic nitrogens is 5. The van der Waals surface area contributed by atoms with E-state index < -0.39 is 35.8 Å². The number of halogens is 1. The van der Waals surface area contributed by atoms with Crippen LogP contribution in [0.25, 0.3) is 16.6 Å². The first kappa shape index (κ1) is 34.5. The van der Waals surface area contributed by atoms with Crippen molar-refractivity contribution in [3.8, 4) is 5.69 Å². The molecule has 3 heterocycles. The number of aromatic carboxylic acids is 1. The Morgan fingerprint density at radius 1 is 0.902 bits per heavy atom. The van der Waals surface area contributed by atoms with Crippen molar-refractivity contribution >= 4 is 69.3 Å². The number of likely N-dealkylation sites (tertiary alicyclic amines) is 1. The number of fused-ring (bicyclic) bond motifs is 1. The van der Waals surface area contributed by atoms with Gasteiger partial charge in [0, 0.05) is 46.8 Å². The van der Waals surface area contributed by atoms with Crippen molar-refractivity contribution in [2.45, 2.75) is 31.4 Å². The maximum Gasteiger partial charge on any atom is 0.352 e. The van der Waals surface area contributed by atoms with Crippen LogP contribution in [0, 0.1) is 0 Å². The Hall–Kier alpha value is -6.33. The van der Waals surface area contributed by atoms with Gasteiger partial charge in [-0.15, -0.1) is 5.10 Å². The summed E-state index contributed by atoms with van der Waals surface area (Å²) in [5.41, 5.74) is 2.39. The van der Waals surface area contributed by atoms with Crippen LogP contribution in [0.4, 0.5) is 21.9 Å². The highest BCUT2D eigenvalue weighted by Gasteiger charge is 2.27. The minimum atomic E-state index is -1.27. The number of amides is 5. The molecule has 7 N–H and O–H groups in total. The van der Waals surface area contributed by atoms with Gasteiger partial charge in [0.15, 0.2) is 0 Å². The largest absolute Gasteiger partial charge is 0.477 e. The number of nitrogens with one attached hydrogen (secondary N) is 5. The van der Waals surface area contributed by atoms with Crippen molar-refractivity contribution in [2.24, 2.45) is 0 Å². The predicted molar refractivity (Wildman–Crippen MR) is 185 cm³/mol. The van der Waals surface area contributed by atoms with Crippen LogP contribution in [0.5, 0.6) is 0 Å². The van der Waals surface area contributed by atoms with Gasteiger partial charge in [-0.25, -0.2) is 9.59 Å². The molecule has 5 aromatic rings. The van der Waals surface area contributed by atoms with E-state index in [0.29, 0.717) is 59.5 Å². The van der Waals surface area contributed by atoms with Crippen molar-refractivity contribution in [1.29, 1.82) is 0 Å². The summed E-state index contributed by atoms with van der Waals surface area (Å²) in [4.78, 5) is 68.5. The highest BCUT2D eigenvalue weighted by atomic mass is 35.5. The van der Waals surface area contributed by atoms with Crippen molar-refractivity contribution in [1.82, 2.24) is 35.4 Å². The Balaban J connectivity index is 1.18. The Morgan fingerprint density at radius 3 is 2.35 bits per heavy atom. The Morgan fingerprint density at radius 2 is 1.65 bits per heavy atom. The number of carboxylic acids is 1. The minimum absolute atomic E-state index is 0.0260. The van der Waals surface area contributed by atoms with Crippen molar-refractivity contribution in [2.75, 3.05) is 29.0 Å². The van der Waals surface area contributed by atoms with Gasteiger partial charge >= 0.3 is 23.8 Å². The monoisotopic (exact) mass is 714 g/mol. The van der Waals surface area contributed by atoms with Gasteiger partial charge in [-0.3, -0.25) is 14.4 Å². The van der Waals surface area contributed by atoms with Crippen LogP contribution < -0.4 is 21.3 Å². The van der Waals surface area contributed by atoms with Gasteiger partial charge in [-0.1, -0.05) is 23.7 Å². The molecule has 0 spiro atoms. The molecule has 0 bridgehead atoms. The molecule has 18 heteroatoms. The molecule has 1 saturated heterocycles. The second-order valence-corrected chi connectivity index (χ2v) is 12.2. The van der Waals surface area contributed by atoms with E-state index >= 15 is 0 Å². The Bertz CT molecular complexity index is 2090. The summed E-state index contributed by atoms with van der Waals surface area (Å²) in [6, 6.07) is 15.7. The van der Waals surface area contributed by atoms with Gasteiger partial charge in [0.2, 0.25) is 5.91 Å². The van der Waals surface area contributed by atoms with Gasteiger partial charge in [0.1, 0.15) is 18.1 Å². The molecule has 2 aromatic heterocycles. The number of hydrogen-bond acceptors (Lipinski definition) is 9. The van der Waals surface area contributed by atoms with Gasteiger partial charge in [0.05, 0.1) is 17.5 Å². The number of carbonyl (C=O) groups excluding carboxylic acids is 4. The molecule has 17 nitrogen and oxygen atoms in total. The van der Waals surface area contributed by atoms with Crippen molar-refractivity contribution < 1.29 is 34.2 Å². The molecule has 1 fully saturated rings. The lowest BCUT2D eigenvalue weighted by atomic mass is 10.0. The van der Waals surface area contributed by atoms with Crippen LogP contribution in [-0.2, 0) is 20.8 Å². The summed E-state index contributed by atoms with van der Waals surface area (Å²) in [6.07, 6.45) is 1.83. The average Bonchev–Trinajstić information content (AvgIpc) is 3.80. The second kappa shape index (κ2) is 15.1. The molecule has 0 aliphatic carbocycles. The van der Waals surface area contributed by atoms with Gasteiger partial charge in [-0.05, 0) is 83.4 Å². The van der Waals surface area contributed by atoms with E-state index in [1.165, 1.54) is 23.1 Å². The topological polar surface area (TPSA) is 237 Å². The molecule has 5 amide bonds. The first-order chi connectivity index (χ1) is 24.5. The fourth-order valence-electron chi connectivity index (χ4n) is 5.48. The highest BCUT2D eigenvalue weighted by Crippen LogP contribution is 2.24. The van der Waals surface area contributed by atoms with Crippen LogP contribution >= 0.6 is 11.6 Å². The number of piperidine rings is 1. The highest BCUT2D eigenvalue weighted by molar-refractivity contribution is 6.40. The van der Waals surface area contributed by atoms with E-state index in [1.54, 1.807) is 59.5 Å². The lowest BCUT2D eigenvalue weighted by Gasteiger charge is -2.29. The lowest BCUT2D eigenvalue weighted by Crippen LogP contribution is -2.49. The van der Waals surface area contributed by atoms with Crippen LogP contribution in [0.15, 0.2) is 73.1 Å². The Labute approximate surface area is 294 Å². The predicted octanol–water partition coefficient (Wildman–Crippen LogP) is 2.79. The first-order valence-corrected chi connectivity index (χ1v) is 16.0. The maximum atomic E-state index is 13.7. The summed E-state index contributed by atoms with van der Waals surface area (Å²) >= 11 is 6.14. The van der Waals surface area contributed by atoms with Crippen molar-refractivity contribution in [3.05, 3.63) is 89.3 Å². The summed E-state index contributed by atoms with van der Waals surface area (Å²) < 4.78 is 1.27. The molecular weight excluding hydrogens is 684 g/mol. The average molecular weight is 715 g/mol. The van der Waals surface area contributed by atoms with Gasteiger partial charge in [-0.2, -0.15) is 4.68 Å². The molecule has 0 radical (unpaired) electrons. The van der Waals surface area contributed by atoms with Gasteiger partial charge < -0.3 is 41.4 Å². The number of rotatable bonds is 9. The van der Waals surface area contributed by atoms with E-state index in [-0.39, 0.29) is 28.9 Å². The van der Waals surface area contributed by atoms with Crippen LogP contribution in [0.2, 0.25) is 5.02 Å². The number of aliphatic hydroxyl groups excluding tert-OH is 1. The quantitative estimate of drug-likeness (QED) is 0.110. The number of H-pyrrole nitrogens is 1. The van der Waals surface area contributed by atoms with E-state index in [9.17, 15) is 34.2 Å². The number of urea groups is 1. The number of aliphatic hydroxyl groups is 1. The molecule has 51 heavy (non-hydrogen) atoms. The standard InChI is InChI=1S/C33H31ClN10O7/c34-20-3-8-28(44-17-35-41-42-44)25(16-20)39-30(47)31(48)40-26(29(46)36-22-6-7-24-19(14-22)15-27(38-24)32(49)50)13-18-1-4-21(5-2-18)37-33(51)43-11-9-23(45)10-12-43/h1-8,14-17,23,26,38,45H,9-13H2,(H,36,46)(H,37,51)(H,39,47)(H,40,48)(H,49,50)/t26-/m0/s1. The summed E-state index contributed by atoms with van der Waals surface area (Å²) in [7, 11) is 0. The number of carbonyl (C=O) groups is 5. The third-order valence-electron chi connectivity index (χ3n) is 8.15.